The zero-order chi connectivity index (χ0) is 12.4. The molecule has 0 saturated carbocycles. The van der Waals surface area contributed by atoms with Crippen LogP contribution in [0.1, 0.15) is 0 Å². The number of rotatable bonds is 2. The number of anilines is 1. The van der Waals surface area contributed by atoms with E-state index in [-0.39, 0.29) is 12.6 Å². The summed E-state index contributed by atoms with van der Waals surface area (Å²) in [4.78, 5) is 16.3. The lowest BCUT2D eigenvalue weighted by molar-refractivity contribution is 0.145. The fraction of sp³-hybridized carbons (Fsp3) is 0.273. The molecule has 2 N–H and O–H groups in total. The maximum atomic E-state index is 11.6. The van der Waals surface area contributed by atoms with E-state index in [1.165, 1.54) is 4.90 Å². The predicted molar refractivity (Wildman–Crippen MR) is 64.4 cm³/mol. The first-order valence-corrected chi connectivity index (χ1v) is 5.38. The molecule has 17 heavy (non-hydrogen) atoms. The minimum absolute atomic E-state index is 0.288. The number of hydrogen-bond acceptors (Lipinski definition) is 3. The van der Waals surface area contributed by atoms with Gasteiger partial charge in [0.2, 0.25) is 5.69 Å². The average Bonchev–Trinajstić information content (AvgIpc) is 2.70. The van der Waals surface area contributed by atoms with Gasteiger partial charge >= 0.3 is 6.09 Å². The molecule has 2 rings (SSSR count). The molecule has 0 radical (unpaired) electrons. The number of nitrogens with two attached hydrogens (primary N) is 1. The predicted octanol–water partition coefficient (Wildman–Crippen LogP) is 2.17. The van der Waals surface area contributed by atoms with E-state index in [1.807, 2.05) is 0 Å². The molecule has 0 unspecified atom stereocenters. The summed E-state index contributed by atoms with van der Waals surface area (Å²) < 4.78 is 5.03. The van der Waals surface area contributed by atoms with Gasteiger partial charge in [-0.15, -0.1) is 0 Å². The molecule has 0 bridgehead atoms. The minimum Gasteiger partial charge on any atom is -0.443 e. The maximum absolute atomic E-state index is 11.6. The lowest BCUT2D eigenvalue weighted by Gasteiger charge is -2.13. The van der Waals surface area contributed by atoms with Crippen LogP contribution in [0.2, 0.25) is 5.02 Å². The van der Waals surface area contributed by atoms with Crippen molar-refractivity contribution in [2.24, 2.45) is 5.73 Å². The molecule has 1 atom stereocenters. The van der Waals surface area contributed by atoms with Crippen molar-refractivity contribution in [3.8, 4) is 0 Å². The monoisotopic (exact) mass is 251 g/mol. The van der Waals surface area contributed by atoms with Crippen molar-refractivity contribution in [1.82, 2.24) is 0 Å². The Morgan fingerprint density at radius 1 is 1.65 bits per heavy atom. The number of hydrogen-bond donors (Lipinski definition) is 1. The van der Waals surface area contributed by atoms with Gasteiger partial charge in [0.1, 0.15) is 6.10 Å². The van der Waals surface area contributed by atoms with Gasteiger partial charge in [-0.05, 0) is 12.1 Å². The zero-order valence-electron chi connectivity index (χ0n) is 8.89. The highest BCUT2D eigenvalue weighted by Gasteiger charge is 2.31. The van der Waals surface area contributed by atoms with Crippen LogP contribution >= 0.6 is 11.6 Å². The maximum Gasteiger partial charge on any atom is 0.414 e. The summed E-state index contributed by atoms with van der Waals surface area (Å²) in [6.45, 7) is 7.58. The molecular formula is C11H10ClN3O2. The van der Waals surface area contributed by atoms with Crippen LogP contribution in [0.15, 0.2) is 18.2 Å². The lowest BCUT2D eigenvalue weighted by atomic mass is 10.2. The first-order chi connectivity index (χ1) is 8.15. The van der Waals surface area contributed by atoms with Crippen molar-refractivity contribution in [2.45, 2.75) is 6.10 Å². The molecular weight excluding hydrogens is 242 g/mol. The molecule has 1 aliphatic heterocycles. The number of nitrogens with zero attached hydrogens (tertiary/aromatic N) is 2. The summed E-state index contributed by atoms with van der Waals surface area (Å²) in [5, 5.41) is 0.321. The van der Waals surface area contributed by atoms with Crippen LogP contribution in [0, 0.1) is 6.57 Å². The highest BCUT2D eigenvalue weighted by Crippen LogP contribution is 2.31. The summed E-state index contributed by atoms with van der Waals surface area (Å²) in [5.41, 5.74) is 6.42. The Morgan fingerprint density at radius 2 is 2.41 bits per heavy atom. The second-order valence-corrected chi connectivity index (χ2v) is 4.01. The molecule has 0 aromatic heterocycles. The molecule has 1 aromatic carbocycles. The van der Waals surface area contributed by atoms with Gasteiger partial charge in [-0.2, -0.15) is 0 Å². The summed E-state index contributed by atoms with van der Waals surface area (Å²) in [7, 11) is 0. The van der Waals surface area contributed by atoms with E-state index in [4.69, 9.17) is 28.6 Å². The first kappa shape index (κ1) is 11.7. The van der Waals surface area contributed by atoms with Crippen LogP contribution in [-0.4, -0.2) is 25.3 Å². The quantitative estimate of drug-likeness (QED) is 0.820. The summed E-state index contributed by atoms with van der Waals surface area (Å²) >= 11 is 5.91. The summed E-state index contributed by atoms with van der Waals surface area (Å²) in [6, 6.07) is 4.82. The Labute approximate surface area is 104 Å². The Bertz CT molecular complexity index is 498. The zero-order valence-corrected chi connectivity index (χ0v) is 9.65. The van der Waals surface area contributed by atoms with E-state index in [0.717, 1.165) is 0 Å². The smallest absolute Gasteiger partial charge is 0.414 e. The number of amides is 1. The van der Waals surface area contributed by atoms with Crippen LogP contribution in [0.5, 0.6) is 0 Å². The van der Waals surface area contributed by atoms with Crippen molar-refractivity contribution in [3.05, 3.63) is 34.6 Å². The molecule has 1 aromatic rings. The van der Waals surface area contributed by atoms with Crippen molar-refractivity contribution >= 4 is 29.1 Å². The molecule has 1 aliphatic rings. The number of carbonyl (C=O) groups excluding carboxylic acids is 1. The Hall–Kier alpha value is -1.77. The third-order valence-electron chi connectivity index (χ3n) is 2.50. The lowest BCUT2D eigenvalue weighted by Crippen LogP contribution is -2.27. The molecule has 5 nitrogen and oxygen atoms in total. The van der Waals surface area contributed by atoms with Crippen LogP contribution in [-0.2, 0) is 4.74 Å². The Morgan fingerprint density at radius 3 is 2.94 bits per heavy atom. The second kappa shape index (κ2) is 4.62. The van der Waals surface area contributed by atoms with E-state index in [1.54, 1.807) is 18.2 Å². The SMILES string of the molecule is [C-]#[N+]c1ccc(N2C[C@H](CN)OC2=O)cc1Cl. The molecule has 0 aliphatic carbocycles. The second-order valence-electron chi connectivity index (χ2n) is 3.60. The number of halogens is 1. The molecule has 0 spiro atoms. The third-order valence-corrected chi connectivity index (χ3v) is 2.80. The molecule has 88 valence electrons. The van der Waals surface area contributed by atoms with Crippen LogP contribution < -0.4 is 10.6 Å². The van der Waals surface area contributed by atoms with Gasteiger partial charge in [-0.25, -0.2) is 9.64 Å². The largest absolute Gasteiger partial charge is 0.443 e. The fourth-order valence-electron chi connectivity index (χ4n) is 1.61. The highest BCUT2D eigenvalue weighted by molar-refractivity contribution is 6.33. The van der Waals surface area contributed by atoms with Gasteiger partial charge in [0.05, 0.1) is 13.1 Å². The van der Waals surface area contributed by atoms with Gasteiger partial charge in [-0.1, -0.05) is 17.7 Å². The van der Waals surface area contributed by atoms with Gasteiger partial charge in [0, 0.05) is 17.3 Å². The molecule has 1 heterocycles. The number of benzene rings is 1. The van der Waals surface area contributed by atoms with Crippen LogP contribution in [0.3, 0.4) is 0 Å². The molecule has 1 amide bonds. The first-order valence-electron chi connectivity index (χ1n) is 5.01. The Kier molecular flexibility index (Phi) is 3.18. The third kappa shape index (κ3) is 2.18. The van der Waals surface area contributed by atoms with E-state index >= 15 is 0 Å². The fourth-order valence-corrected chi connectivity index (χ4v) is 1.83. The summed E-state index contributed by atoms with van der Waals surface area (Å²) in [5.74, 6) is 0. The van der Waals surface area contributed by atoms with Crippen molar-refractivity contribution in [1.29, 1.82) is 0 Å². The van der Waals surface area contributed by atoms with Gasteiger partial charge in [-0.3, -0.25) is 4.90 Å². The van der Waals surface area contributed by atoms with Crippen molar-refractivity contribution in [3.63, 3.8) is 0 Å². The number of carbonyl (C=O) groups is 1. The number of cyclic esters (lactones) is 1. The molecule has 6 heteroatoms. The molecule has 1 fully saturated rings. The normalized spacial score (nSPS) is 19.0. The van der Waals surface area contributed by atoms with E-state index in [9.17, 15) is 4.79 Å². The van der Waals surface area contributed by atoms with E-state index in [0.29, 0.717) is 22.9 Å². The van der Waals surface area contributed by atoms with Crippen LogP contribution in [0.25, 0.3) is 4.85 Å². The van der Waals surface area contributed by atoms with Gasteiger partial charge < -0.3 is 10.5 Å². The summed E-state index contributed by atoms with van der Waals surface area (Å²) in [6.07, 6.45) is -0.728. The van der Waals surface area contributed by atoms with E-state index < -0.39 is 6.09 Å². The topological polar surface area (TPSA) is 59.9 Å². The van der Waals surface area contributed by atoms with Crippen molar-refractivity contribution in [2.75, 3.05) is 18.0 Å². The Balaban J connectivity index is 2.27. The molecule has 1 saturated heterocycles. The highest BCUT2D eigenvalue weighted by atomic mass is 35.5. The number of ether oxygens (including phenoxy) is 1. The standard InChI is InChI=1S/C11H10ClN3O2/c1-14-10-3-2-7(4-9(10)12)15-6-8(5-13)17-11(15)16/h2-4,8H,5-6,13H2/t8-/m0/s1. The van der Waals surface area contributed by atoms with E-state index in [2.05, 4.69) is 4.85 Å². The van der Waals surface area contributed by atoms with Gasteiger partial charge in [0.15, 0.2) is 0 Å². The average molecular weight is 252 g/mol. The van der Waals surface area contributed by atoms with Crippen molar-refractivity contribution < 1.29 is 9.53 Å². The van der Waals surface area contributed by atoms with Gasteiger partial charge in [0.25, 0.3) is 0 Å². The van der Waals surface area contributed by atoms with Crippen LogP contribution in [0.4, 0.5) is 16.2 Å². The minimum atomic E-state index is -0.438.